The minimum atomic E-state index is -1.67. The average Bonchev–Trinajstić information content (AvgIpc) is 2.97. The zero-order chi connectivity index (χ0) is 26.6. The number of carbonyl (C=O) groups is 2. The number of hydrogen-bond donors (Lipinski definition) is 4. The van der Waals surface area contributed by atoms with Gasteiger partial charge in [-0.25, -0.2) is 0 Å². The molecule has 4 N–H and O–H groups in total. The number of ketones is 2. The number of carbonyl (C=O) groups excluding carboxylic acids is 2. The molecule has 0 unspecified atom stereocenters. The molecule has 196 valence electrons. The van der Waals surface area contributed by atoms with E-state index in [1.807, 2.05) is 30.3 Å². The van der Waals surface area contributed by atoms with Gasteiger partial charge in [0.1, 0.15) is 24.4 Å². The fourth-order valence-corrected chi connectivity index (χ4v) is 5.48. The van der Waals surface area contributed by atoms with E-state index < -0.39 is 53.9 Å². The van der Waals surface area contributed by atoms with Crippen molar-refractivity contribution in [2.45, 2.75) is 43.0 Å². The summed E-state index contributed by atoms with van der Waals surface area (Å²) in [5.74, 6) is -2.08. The number of aromatic hydroxyl groups is 1. The first-order chi connectivity index (χ1) is 18.4. The molecule has 0 spiro atoms. The number of rotatable bonds is 1. The highest BCUT2D eigenvalue weighted by Crippen LogP contribution is 2.47. The van der Waals surface area contributed by atoms with Crippen LogP contribution >= 0.6 is 0 Å². The zero-order valence-corrected chi connectivity index (χ0v) is 20.2. The van der Waals surface area contributed by atoms with Crippen LogP contribution in [0.3, 0.4) is 0 Å². The number of ether oxygens (including phenoxy) is 3. The van der Waals surface area contributed by atoms with E-state index in [-0.39, 0.29) is 41.2 Å². The minimum Gasteiger partial charge on any atom is -0.504 e. The van der Waals surface area contributed by atoms with Gasteiger partial charge in [-0.05, 0) is 18.1 Å². The summed E-state index contributed by atoms with van der Waals surface area (Å²) in [4.78, 5) is 27.0. The Morgan fingerprint density at radius 1 is 0.789 bits per heavy atom. The van der Waals surface area contributed by atoms with Crippen LogP contribution in [-0.2, 0) is 9.47 Å². The van der Waals surface area contributed by atoms with E-state index >= 15 is 0 Å². The third-order valence-electron chi connectivity index (χ3n) is 7.48. The summed E-state index contributed by atoms with van der Waals surface area (Å²) in [6.07, 6.45) is -6.81. The molecule has 2 aliphatic heterocycles. The van der Waals surface area contributed by atoms with Crippen molar-refractivity contribution in [3.05, 3.63) is 94.0 Å². The third kappa shape index (κ3) is 3.91. The van der Waals surface area contributed by atoms with Gasteiger partial charge in [0.15, 0.2) is 23.1 Å². The molecule has 3 aromatic rings. The van der Waals surface area contributed by atoms with Crippen LogP contribution < -0.4 is 4.74 Å². The fourth-order valence-electron chi connectivity index (χ4n) is 5.48. The van der Waals surface area contributed by atoms with Crippen molar-refractivity contribution in [2.75, 3.05) is 13.2 Å². The van der Waals surface area contributed by atoms with E-state index in [0.717, 1.165) is 5.56 Å². The van der Waals surface area contributed by atoms with E-state index in [9.17, 15) is 30.0 Å². The van der Waals surface area contributed by atoms with Gasteiger partial charge in [0.2, 0.25) is 6.29 Å². The molecule has 1 aliphatic carbocycles. The quantitative estimate of drug-likeness (QED) is 0.297. The van der Waals surface area contributed by atoms with Gasteiger partial charge in [-0.1, -0.05) is 54.6 Å². The smallest absolute Gasteiger partial charge is 0.229 e. The SMILES string of the molecule is O=C1c2ccccc2C(=O)c2c1cc1c(c2O)O[C@H]2O[C@H](COCC[C@@H]1c1ccccc1)[C@H](O)[C@@H](O)[C@@H]2O. The van der Waals surface area contributed by atoms with Crippen LogP contribution in [0.1, 0.15) is 55.3 Å². The summed E-state index contributed by atoms with van der Waals surface area (Å²) in [5, 5.41) is 43.1. The van der Waals surface area contributed by atoms with Crippen molar-refractivity contribution in [3.63, 3.8) is 0 Å². The normalized spacial score (nSPS) is 28.8. The molecule has 2 bridgehead atoms. The molecule has 38 heavy (non-hydrogen) atoms. The number of fused-ring (bicyclic) bond motifs is 5. The van der Waals surface area contributed by atoms with Gasteiger partial charge in [0.25, 0.3) is 0 Å². The first-order valence-corrected chi connectivity index (χ1v) is 12.4. The fraction of sp³-hybridized carbons (Fsp3) is 0.310. The molecule has 6 rings (SSSR count). The molecule has 1 saturated heterocycles. The van der Waals surface area contributed by atoms with Crippen LogP contribution in [0.2, 0.25) is 0 Å². The van der Waals surface area contributed by atoms with Crippen molar-refractivity contribution < 1.29 is 44.2 Å². The molecule has 2 heterocycles. The molecule has 6 atom stereocenters. The highest BCUT2D eigenvalue weighted by Gasteiger charge is 2.46. The van der Waals surface area contributed by atoms with Crippen LogP contribution in [0.5, 0.6) is 11.5 Å². The number of aliphatic hydroxyl groups excluding tert-OH is 3. The van der Waals surface area contributed by atoms with E-state index in [2.05, 4.69) is 0 Å². The number of phenols is 1. The van der Waals surface area contributed by atoms with Gasteiger partial charge in [-0.15, -0.1) is 0 Å². The second-order valence-electron chi connectivity index (χ2n) is 9.73. The molecule has 1 fully saturated rings. The van der Waals surface area contributed by atoms with Gasteiger partial charge in [0.05, 0.1) is 12.2 Å². The summed E-state index contributed by atoms with van der Waals surface area (Å²) in [5.41, 5.74) is 1.49. The highest BCUT2D eigenvalue weighted by atomic mass is 16.7. The predicted octanol–water partition coefficient (Wildman–Crippen LogP) is 1.91. The molecule has 3 aliphatic rings. The van der Waals surface area contributed by atoms with E-state index in [1.165, 1.54) is 6.07 Å². The second-order valence-corrected chi connectivity index (χ2v) is 9.73. The summed E-state index contributed by atoms with van der Waals surface area (Å²) in [6.45, 7) is 0.139. The van der Waals surface area contributed by atoms with Gasteiger partial charge in [-0.2, -0.15) is 0 Å². The standard InChI is InChI=1S/C29H26O9/c30-22-16-8-4-5-9-17(16)23(31)21-19(22)12-18-15(14-6-2-1-3-7-14)10-11-36-13-20-24(32)26(34)27(35)29(37-20)38-28(18)25(21)33/h1-9,12,15,20,24,26-27,29,32-35H,10-11,13H2/t15-,20-,24+,26-,27+,29-/m1/s1. The first kappa shape index (κ1) is 24.7. The number of aliphatic hydroxyl groups is 3. The van der Waals surface area contributed by atoms with Crippen LogP contribution in [-0.4, -0.2) is 75.9 Å². The van der Waals surface area contributed by atoms with Crippen LogP contribution in [0.4, 0.5) is 0 Å². The lowest BCUT2D eigenvalue weighted by molar-refractivity contribution is -0.279. The van der Waals surface area contributed by atoms with Crippen molar-refractivity contribution >= 4 is 11.6 Å². The number of phenolic OH excluding ortho intramolecular Hbond substituents is 1. The van der Waals surface area contributed by atoms with Crippen LogP contribution in [0.25, 0.3) is 0 Å². The molecule has 3 aromatic carbocycles. The lowest BCUT2D eigenvalue weighted by atomic mass is 9.79. The molecule has 9 heteroatoms. The predicted molar refractivity (Wildman–Crippen MR) is 132 cm³/mol. The molecule has 0 aromatic heterocycles. The maximum atomic E-state index is 13.5. The zero-order valence-electron chi connectivity index (χ0n) is 20.2. The monoisotopic (exact) mass is 518 g/mol. The van der Waals surface area contributed by atoms with Gasteiger partial charge in [0, 0.05) is 34.8 Å². The van der Waals surface area contributed by atoms with Crippen molar-refractivity contribution in [1.29, 1.82) is 0 Å². The third-order valence-corrected chi connectivity index (χ3v) is 7.48. The molecular weight excluding hydrogens is 492 g/mol. The Labute approximate surface area is 217 Å². The van der Waals surface area contributed by atoms with Crippen molar-refractivity contribution in [2.24, 2.45) is 0 Å². The summed E-state index contributed by atoms with van der Waals surface area (Å²) in [6, 6.07) is 17.3. The highest BCUT2D eigenvalue weighted by molar-refractivity contribution is 6.29. The lowest BCUT2D eigenvalue weighted by Gasteiger charge is -2.40. The Morgan fingerprint density at radius 3 is 2.21 bits per heavy atom. The topological polar surface area (TPSA) is 143 Å². The average molecular weight is 519 g/mol. The van der Waals surface area contributed by atoms with Crippen molar-refractivity contribution in [3.8, 4) is 11.5 Å². The van der Waals surface area contributed by atoms with E-state index in [4.69, 9.17) is 14.2 Å². The molecule has 0 radical (unpaired) electrons. The minimum absolute atomic E-state index is 0.0451. The summed E-state index contributed by atoms with van der Waals surface area (Å²) in [7, 11) is 0. The largest absolute Gasteiger partial charge is 0.504 e. The molecule has 0 saturated carbocycles. The first-order valence-electron chi connectivity index (χ1n) is 12.4. The lowest BCUT2D eigenvalue weighted by Crippen LogP contribution is -2.60. The maximum absolute atomic E-state index is 13.5. The van der Waals surface area contributed by atoms with E-state index in [0.29, 0.717) is 12.0 Å². The van der Waals surface area contributed by atoms with Crippen molar-refractivity contribution in [1.82, 2.24) is 0 Å². The van der Waals surface area contributed by atoms with Gasteiger partial charge in [-0.3, -0.25) is 9.59 Å². The molecular formula is C29H26O9. The molecule has 9 nitrogen and oxygen atoms in total. The maximum Gasteiger partial charge on any atom is 0.229 e. The Hall–Kier alpha value is -3.60. The number of hydrogen-bond acceptors (Lipinski definition) is 9. The van der Waals surface area contributed by atoms with Crippen LogP contribution in [0.15, 0.2) is 60.7 Å². The summed E-state index contributed by atoms with van der Waals surface area (Å²) < 4.78 is 17.6. The Morgan fingerprint density at radius 2 is 1.47 bits per heavy atom. The molecule has 0 amide bonds. The Kier molecular flexibility index (Phi) is 6.25. The Balaban J connectivity index is 1.57. The Bertz CT molecular complexity index is 1400. The van der Waals surface area contributed by atoms with Crippen LogP contribution in [0, 0.1) is 0 Å². The van der Waals surface area contributed by atoms with Gasteiger partial charge >= 0.3 is 0 Å². The number of benzene rings is 3. The van der Waals surface area contributed by atoms with Gasteiger partial charge < -0.3 is 34.6 Å². The second kappa shape index (κ2) is 9.61. The van der Waals surface area contributed by atoms with E-state index in [1.54, 1.807) is 24.3 Å². The summed E-state index contributed by atoms with van der Waals surface area (Å²) >= 11 is 0.